The normalized spacial score (nSPS) is 11.2. The first-order valence-electron chi connectivity index (χ1n) is 7.34. The lowest BCUT2D eigenvalue weighted by Gasteiger charge is -2.06. The Bertz CT molecular complexity index is 948. The van der Waals surface area contributed by atoms with Crippen molar-refractivity contribution in [2.45, 2.75) is 6.42 Å². The van der Waals surface area contributed by atoms with E-state index in [0.717, 1.165) is 28.6 Å². The molecule has 0 unspecified atom stereocenters. The second-order valence-corrected chi connectivity index (χ2v) is 5.35. The highest BCUT2D eigenvalue weighted by atomic mass is 14.9. The molecule has 0 atom stereocenters. The number of allylic oxidation sites excluding steroid dienone is 1. The molecule has 0 spiro atoms. The molecule has 110 valence electrons. The third-order valence-corrected chi connectivity index (χ3v) is 4.00. The molecule has 0 fully saturated rings. The molecule has 1 aromatic heterocycles. The van der Waals surface area contributed by atoms with Gasteiger partial charge in [0.1, 0.15) is 0 Å². The van der Waals surface area contributed by atoms with Gasteiger partial charge in [-0.2, -0.15) is 0 Å². The predicted molar refractivity (Wildman–Crippen MR) is 92.4 cm³/mol. The quantitative estimate of drug-likeness (QED) is 0.515. The first kappa shape index (κ1) is 14.6. The van der Waals surface area contributed by atoms with Crippen LogP contribution in [0, 0.1) is 17.9 Å². The number of para-hydroxylation sites is 1. The molecule has 0 amide bonds. The van der Waals surface area contributed by atoms with Crippen molar-refractivity contribution in [3.8, 4) is 6.07 Å². The first-order valence-corrected chi connectivity index (χ1v) is 7.34. The molecule has 1 heterocycles. The van der Waals surface area contributed by atoms with Gasteiger partial charge in [0.2, 0.25) is 0 Å². The summed E-state index contributed by atoms with van der Waals surface area (Å²) in [5.41, 5.74) is 4.48. The van der Waals surface area contributed by atoms with Gasteiger partial charge in [-0.15, -0.1) is 0 Å². The fraction of sp³-hybridized carbons (Fsp3) is 0.100. The van der Waals surface area contributed by atoms with Crippen LogP contribution in [-0.4, -0.2) is 4.57 Å². The standard InChI is InChI=1S/C20H15N3/c1-22-16(14-21)13-18-17-10-6-7-11-19(17)23(2)20(18)12-15-8-4-3-5-9-15/h3-11,13H,12H2,2H3/b16-13-. The molecule has 3 nitrogen and oxygen atoms in total. The minimum atomic E-state index is 0.107. The van der Waals surface area contributed by atoms with Crippen molar-refractivity contribution in [1.82, 2.24) is 4.57 Å². The molecule has 3 aromatic rings. The van der Waals surface area contributed by atoms with E-state index in [1.165, 1.54) is 5.56 Å². The van der Waals surface area contributed by atoms with Crippen molar-refractivity contribution in [3.63, 3.8) is 0 Å². The van der Waals surface area contributed by atoms with Gasteiger partial charge in [-0.25, -0.2) is 10.1 Å². The first-order chi connectivity index (χ1) is 11.2. The Morgan fingerprint density at radius 2 is 1.87 bits per heavy atom. The number of fused-ring (bicyclic) bond motifs is 1. The van der Waals surface area contributed by atoms with Crippen LogP contribution in [0.25, 0.3) is 21.8 Å². The number of hydrogen-bond donors (Lipinski definition) is 0. The van der Waals surface area contributed by atoms with Crippen molar-refractivity contribution in [2.24, 2.45) is 7.05 Å². The highest BCUT2D eigenvalue weighted by Gasteiger charge is 2.14. The van der Waals surface area contributed by atoms with Crippen molar-refractivity contribution >= 4 is 17.0 Å². The third kappa shape index (κ3) is 2.73. The molecule has 0 bridgehead atoms. The lowest BCUT2D eigenvalue weighted by atomic mass is 10.0. The molecule has 0 N–H and O–H groups in total. The fourth-order valence-electron chi connectivity index (χ4n) is 2.87. The molecule has 0 aliphatic heterocycles. The summed E-state index contributed by atoms with van der Waals surface area (Å²) in [6, 6.07) is 20.3. The molecule has 0 saturated carbocycles. The Morgan fingerprint density at radius 3 is 2.57 bits per heavy atom. The van der Waals surface area contributed by atoms with Crippen LogP contribution in [0.3, 0.4) is 0 Å². The smallest absolute Gasteiger partial charge is 0.262 e. The molecule has 3 heteroatoms. The molecular formula is C20H15N3. The molecule has 0 saturated heterocycles. The maximum absolute atomic E-state index is 9.11. The van der Waals surface area contributed by atoms with Gasteiger partial charge < -0.3 is 4.57 Å². The largest absolute Gasteiger partial charge is 0.347 e. The number of hydrogen-bond acceptors (Lipinski definition) is 1. The lowest BCUT2D eigenvalue weighted by Crippen LogP contribution is -1.99. The van der Waals surface area contributed by atoms with E-state index < -0.39 is 0 Å². The van der Waals surface area contributed by atoms with Crippen LogP contribution < -0.4 is 0 Å². The Balaban J connectivity index is 2.24. The van der Waals surface area contributed by atoms with Gasteiger partial charge in [0, 0.05) is 30.1 Å². The fourth-order valence-corrected chi connectivity index (χ4v) is 2.87. The summed E-state index contributed by atoms with van der Waals surface area (Å²) in [5.74, 6) is 0. The van der Waals surface area contributed by atoms with Gasteiger partial charge >= 0.3 is 0 Å². The highest BCUT2D eigenvalue weighted by molar-refractivity contribution is 5.92. The monoisotopic (exact) mass is 297 g/mol. The van der Waals surface area contributed by atoms with Crippen LogP contribution in [0.15, 0.2) is 60.3 Å². The van der Waals surface area contributed by atoms with E-state index in [4.69, 9.17) is 11.8 Å². The highest BCUT2D eigenvalue weighted by Crippen LogP contribution is 2.29. The number of aryl methyl sites for hydroxylation is 1. The van der Waals surface area contributed by atoms with Crippen LogP contribution >= 0.6 is 0 Å². The maximum atomic E-state index is 9.11. The Kier molecular flexibility index (Phi) is 3.95. The van der Waals surface area contributed by atoms with E-state index in [0.29, 0.717) is 0 Å². The Morgan fingerprint density at radius 1 is 1.17 bits per heavy atom. The van der Waals surface area contributed by atoms with Gasteiger partial charge in [-0.3, -0.25) is 0 Å². The average Bonchev–Trinajstić information content (AvgIpc) is 2.86. The average molecular weight is 297 g/mol. The number of rotatable bonds is 3. The molecule has 2 aromatic carbocycles. The number of benzene rings is 2. The SMILES string of the molecule is [C-]#[N+]/C(C#N)=C\c1c(Cc2ccccc2)n(C)c2ccccc12. The molecule has 0 aliphatic carbocycles. The minimum Gasteiger partial charge on any atom is -0.347 e. The van der Waals surface area contributed by atoms with Crippen molar-refractivity contribution < 1.29 is 0 Å². The molecule has 23 heavy (non-hydrogen) atoms. The van der Waals surface area contributed by atoms with Gasteiger partial charge in [0.25, 0.3) is 5.70 Å². The molecule has 3 rings (SSSR count). The Labute approximate surface area is 135 Å². The van der Waals surface area contributed by atoms with E-state index >= 15 is 0 Å². The number of aromatic nitrogens is 1. The molecular weight excluding hydrogens is 282 g/mol. The summed E-state index contributed by atoms with van der Waals surface area (Å²) in [5, 5.41) is 10.2. The van der Waals surface area contributed by atoms with E-state index in [9.17, 15) is 0 Å². The summed E-state index contributed by atoms with van der Waals surface area (Å²) in [6.45, 7) is 7.14. The van der Waals surface area contributed by atoms with E-state index in [1.54, 1.807) is 6.08 Å². The molecule has 0 aliphatic rings. The summed E-state index contributed by atoms with van der Waals surface area (Å²) in [4.78, 5) is 3.31. The zero-order valence-corrected chi connectivity index (χ0v) is 12.8. The predicted octanol–water partition coefficient (Wildman–Crippen LogP) is 4.55. The third-order valence-electron chi connectivity index (χ3n) is 4.00. The zero-order chi connectivity index (χ0) is 16.2. The van der Waals surface area contributed by atoms with Crippen LogP contribution in [0.1, 0.15) is 16.8 Å². The van der Waals surface area contributed by atoms with Gasteiger partial charge in [-0.1, -0.05) is 48.5 Å². The summed E-state index contributed by atoms with van der Waals surface area (Å²) >= 11 is 0. The number of nitrogens with zero attached hydrogens (tertiary/aromatic N) is 3. The Hall–Kier alpha value is -3.30. The van der Waals surface area contributed by atoms with Crippen LogP contribution in [0.2, 0.25) is 0 Å². The topological polar surface area (TPSA) is 33.1 Å². The van der Waals surface area contributed by atoms with Crippen molar-refractivity contribution in [1.29, 1.82) is 5.26 Å². The van der Waals surface area contributed by atoms with Crippen molar-refractivity contribution in [3.05, 3.63) is 88.5 Å². The van der Waals surface area contributed by atoms with Crippen LogP contribution in [-0.2, 0) is 13.5 Å². The van der Waals surface area contributed by atoms with Gasteiger partial charge in [-0.05, 0) is 23.3 Å². The minimum absolute atomic E-state index is 0.107. The van der Waals surface area contributed by atoms with E-state index in [-0.39, 0.29) is 5.70 Å². The second-order valence-electron chi connectivity index (χ2n) is 5.35. The summed E-state index contributed by atoms with van der Waals surface area (Å²) in [6.07, 6.45) is 2.46. The van der Waals surface area contributed by atoms with Crippen LogP contribution in [0.4, 0.5) is 0 Å². The van der Waals surface area contributed by atoms with Crippen LogP contribution in [0.5, 0.6) is 0 Å². The number of nitriles is 1. The van der Waals surface area contributed by atoms with Gasteiger partial charge in [0.05, 0.1) is 12.6 Å². The maximum Gasteiger partial charge on any atom is 0.262 e. The van der Waals surface area contributed by atoms with E-state index in [2.05, 4.69) is 27.6 Å². The van der Waals surface area contributed by atoms with Crippen molar-refractivity contribution in [2.75, 3.05) is 0 Å². The zero-order valence-electron chi connectivity index (χ0n) is 12.8. The lowest BCUT2D eigenvalue weighted by molar-refractivity contribution is 0.878. The van der Waals surface area contributed by atoms with Gasteiger partial charge in [0.15, 0.2) is 0 Å². The summed E-state index contributed by atoms with van der Waals surface area (Å²) < 4.78 is 2.15. The van der Waals surface area contributed by atoms with E-state index in [1.807, 2.05) is 49.5 Å². The summed E-state index contributed by atoms with van der Waals surface area (Å²) in [7, 11) is 2.03. The second kappa shape index (κ2) is 6.22. The molecule has 0 radical (unpaired) electrons.